The molecule has 0 aliphatic heterocycles. The van der Waals surface area contributed by atoms with Gasteiger partial charge in [-0.05, 0) is 48.0 Å². The molecule has 8 nitrogen and oxygen atoms in total. The molecule has 0 aromatic heterocycles. The van der Waals surface area contributed by atoms with Gasteiger partial charge >= 0.3 is 0 Å². The van der Waals surface area contributed by atoms with E-state index in [-0.39, 0.29) is 5.70 Å². The lowest BCUT2D eigenvalue weighted by molar-refractivity contribution is -0.117. The highest BCUT2D eigenvalue weighted by Gasteiger charge is 2.16. The number of hydrazine groups is 1. The second-order valence-corrected chi connectivity index (χ2v) is 5.89. The fraction of sp³-hybridized carbons (Fsp3) is 0.158. The van der Waals surface area contributed by atoms with Crippen LogP contribution in [-0.4, -0.2) is 33.1 Å². The minimum Gasteiger partial charge on any atom is -0.493 e. The Hall–Kier alpha value is -3.23. The van der Waals surface area contributed by atoms with Gasteiger partial charge in [-0.3, -0.25) is 15.0 Å². The van der Waals surface area contributed by atoms with Crippen molar-refractivity contribution in [1.29, 1.82) is 0 Å². The van der Waals surface area contributed by atoms with Gasteiger partial charge in [0, 0.05) is 10.6 Å². The first-order chi connectivity index (χ1) is 13.4. The van der Waals surface area contributed by atoms with Crippen molar-refractivity contribution >= 4 is 29.5 Å². The predicted octanol–water partition coefficient (Wildman–Crippen LogP) is 2.13. The summed E-state index contributed by atoms with van der Waals surface area (Å²) in [6.45, 7) is 0. The predicted molar refractivity (Wildman–Crippen MR) is 105 cm³/mol. The summed E-state index contributed by atoms with van der Waals surface area (Å²) in [4.78, 5) is 24.6. The molecule has 0 heterocycles. The minimum absolute atomic E-state index is 0.0725. The van der Waals surface area contributed by atoms with Crippen molar-refractivity contribution in [1.82, 2.24) is 10.7 Å². The Morgan fingerprint density at radius 1 is 1.00 bits per heavy atom. The van der Waals surface area contributed by atoms with Gasteiger partial charge in [0.15, 0.2) is 11.5 Å². The average Bonchev–Trinajstić information content (AvgIpc) is 2.72. The quantitative estimate of drug-likeness (QED) is 0.281. The van der Waals surface area contributed by atoms with E-state index < -0.39 is 11.8 Å². The van der Waals surface area contributed by atoms with Crippen molar-refractivity contribution in [2.24, 2.45) is 5.84 Å². The van der Waals surface area contributed by atoms with Crippen molar-refractivity contribution < 1.29 is 23.8 Å². The molecule has 0 bridgehead atoms. The summed E-state index contributed by atoms with van der Waals surface area (Å²) < 4.78 is 15.8. The highest BCUT2D eigenvalue weighted by atomic mass is 35.5. The van der Waals surface area contributed by atoms with E-state index in [9.17, 15) is 9.59 Å². The second kappa shape index (κ2) is 9.63. The molecule has 28 heavy (non-hydrogen) atoms. The number of halogens is 1. The van der Waals surface area contributed by atoms with Gasteiger partial charge in [0.05, 0.1) is 21.3 Å². The number of methoxy groups -OCH3 is 3. The van der Waals surface area contributed by atoms with E-state index in [1.165, 1.54) is 39.5 Å². The number of ether oxygens (including phenoxy) is 3. The number of carbonyl (C=O) groups excluding carboxylic acids is 2. The summed E-state index contributed by atoms with van der Waals surface area (Å²) in [6, 6.07) is 9.47. The van der Waals surface area contributed by atoms with E-state index in [0.717, 1.165) is 0 Å². The zero-order chi connectivity index (χ0) is 20.7. The van der Waals surface area contributed by atoms with Crippen molar-refractivity contribution in [2.45, 2.75) is 0 Å². The largest absolute Gasteiger partial charge is 0.493 e. The fourth-order valence-corrected chi connectivity index (χ4v) is 2.51. The molecular weight excluding hydrogens is 386 g/mol. The van der Waals surface area contributed by atoms with Crippen LogP contribution < -0.4 is 30.8 Å². The highest BCUT2D eigenvalue weighted by molar-refractivity contribution is 6.30. The Kier molecular flexibility index (Phi) is 7.25. The Balaban J connectivity index is 2.42. The number of amides is 2. The second-order valence-electron chi connectivity index (χ2n) is 5.45. The molecule has 2 amide bonds. The topological polar surface area (TPSA) is 112 Å². The lowest BCUT2D eigenvalue weighted by Crippen LogP contribution is -2.38. The minimum atomic E-state index is -0.684. The molecule has 0 saturated heterocycles. The first-order valence-corrected chi connectivity index (χ1v) is 8.40. The maximum atomic E-state index is 12.4. The fourth-order valence-electron chi connectivity index (χ4n) is 2.38. The van der Waals surface area contributed by atoms with E-state index >= 15 is 0 Å². The Morgan fingerprint density at radius 2 is 1.57 bits per heavy atom. The van der Waals surface area contributed by atoms with Gasteiger partial charge in [0.25, 0.3) is 11.8 Å². The maximum absolute atomic E-state index is 12.4. The van der Waals surface area contributed by atoms with Crippen LogP contribution in [0, 0.1) is 0 Å². The van der Waals surface area contributed by atoms with Gasteiger partial charge in [-0.25, -0.2) is 5.84 Å². The standard InChI is InChI=1S/C19H20ClN3O5/c1-26-15-9-11(10-16(27-2)17(15)28-3)8-14(19(25)23-21)22-18(24)12-4-6-13(20)7-5-12/h4-10H,21H2,1-3H3,(H,22,24)(H,23,25)/b14-8+. The summed E-state index contributed by atoms with van der Waals surface area (Å²) in [7, 11) is 4.43. The molecule has 0 saturated carbocycles. The van der Waals surface area contributed by atoms with Gasteiger partial charge in [0.1, 0.15) is 5.70 Å². The Morgan fingerprint density at radius 3 is 2.04 bits per heavy atom. The first kappa shape index (κ1) is 21.1. The number of hydrogen-bond donors (Lipinski definition) is 3. The molecule has 0 aliphatic carbocycles. The lowest BCUT2D eigenvalue weighted by Gasteiger charge is -2.14. The molecule has 0 aliphatic rings. The van der Waals surface area contributed by atoms with Gasteiger partial charge in [0.2, 0.25) is 5.75 Å². The van der Waals surface area contributed by atoms with Crippen LogP contribution >= 0.6 is 11.6 Å². The van der Waals surface area contributed by atoms with Crippen molar-refractivity contribution in [2.75, 3.05) is 21.3 Å². The number of rotatable bonds is 7. The van der Waals surface area contributed by atoms with E-state index in [0.29, 0.717) is 33.4 Å². The monoisotopic (exact) mass is 405 g/mol. The van der Waals surface area contributed by atoms with E-state index in [2.05, 4.69) is 5.32 Å². The summed E-state index contributed by atoms with van der Waals surface area (Å²) in [6.07, 6.45) is 1.43. The van der Waals surface area contributed by atoms with Crippen LogP contribution in [0.4, 0.5) is 0 Å². The maximum Gasteiger partial charge on any atom is 0.281 e. The third kappa shape index (κ3) is 4.93. The number of nitrogens with one attached hydrogen (secondary N) is 2. The van der Waals surface area contributed by atoms with Crippen molar-refractivity contribution in [3.05, 3.63) is 58.2 Å². The number of hydrogen-bond acceptors (Lipinski definition) is 6. The third-order valence-electron chi connectivity index (χ3n) is 3.73. The molecule has 0 fully saturated rings. The van der Waals surface area contributed by atoms with Crippen LogP contribution in [-0.2, 0) is 4.79 Å². The molecule has 0 radical (unpaired) electrons. The number of carbonyl (C=O) groups is 2. The van der Waals surface area contributed by atoms with Gasteiger partial charge in [-0.15, -0.1) is 0 Å². The number of benzene rings is 2. The zero-order valence-corrected chi connectivity index (χ0v) is 16.3. The van der Waals surface area contributed by atoms with Crippen molar-refractivity contribution in [3.63, 3.8) is 0 Å². The third-order valence-corrected chi connectivity index (χ3v) is 3.98. The van der Waals surface area contributed by atoms with Crippen LogP contribution in [0.2, 0.25) is 5.02 Å². The lowest BCUT2D eigenvalue weighted by atomic mass is 10.1. The van der Waals surface area contributed by atoms with Gasteiger partial charge in [-0.1, -0.05) is 11.6 Å². The molecule has 4 N–H and O–H groups in total. The highest BCUT2D eigenvalue weighted by Crippen LogP contribution is 2.38. The smallest absolute Gasteiger partial charge is 0.281 e. The van der Waals surface area contributed by atoms with Crippen LogP contribution in [0.5, 0.6) is 17.2 Å². The molecular formula is C19H20ClN3O5. The molecule has 9 heteroatoms. The first-order valence-electron chi connectivity index (χ1n) is 8.03. The molecule has 2 aromatic rings. The molecule has 148 valence electrons. The van der Waals surface area contributed by atoms with E-state index in [1.807, 2.05) is 5.43 Å². The molecule has 2 aromatic carbocycles. The van der Waals surface area contributed by atoms with Crippen LogP contribution in [0.15, 0.2) is 42.1 Å². The van der Waals surface area contributed by atoms with Crippen LogP contribution in [0.3, 0.4) is 0 Å². The SMILES string of the molecule is COc1cc(/C=C(/NC(=O)c2ccc(Cl)cc2)C(=O)NN)cc(OC)c1OC. The molecule has 0 atom stereocenters. The molecule has 0 spiro atoms. The molecule has 2 rings (SSSR count). The Bertz CT molecular complexity index is 872. The van der Waals surface area contributed by atoms with E-state index in [4.69, 9.17) is 31.7 Å². The summed E-state index contributed by atoms with van der Waals surface area (Å²) in [5.74, 6) is 5.24. The van der Waals surface area contributed by atoms with Gasteiger partial charge in [-0.2, -0.15) is 0 Å². The molecule has 0 unspecified atom stereocenters. The van der Waals surface area contributed by atoms with Crippen LogP contribution in [0.25, 0.3) is 6.08 Å². The Labute approximate surface area is 167 Å². The van der Waals surface area contributed by atoms with Gasteiger partial charge < -0.3 is 19.5 Å². The van der Waals surface area contributed by atoms with E-state index in [1.54, 1.807) is 24.3 Å². The zero-order valence-electron chi connectivity index (χ0n) is 15.5. The van der Waals surface area contributed by atoms with Crippen molar-refractivity contribution in [3.8, 4) is 17.2 Å². The van der Waals surface area contributed by atoms with Crippen LogP contribution in [0.1, 0.15) is 15.9 Å². The average molecular weight is 406 g/mol. The number of nitrogens with two attached hydrogens (primary N) is 1. The summed E-state index contributed by atoms with van der Waals surface area (Å²) in [5.41, 5.74) is 2.77. The summed E-state index contributed by atoms with van der Waals surface area (Å²) >= 11 is 5.83. The summed E-state index contributed by atoms with van der Waals surface area (Å²) in [5, 5.41) is 3.02. The normalized spacial score (nSPS) is 10.8.